The molecule has 0 amide bonds. The lowest BCUT2D eigenvalue weighted by Crippen LogP contribution is -2.15. The number of nitro benzene ring substituents is 1. The summed E-state index contributed by atoms with van der Waals surface area (Å²) in [5, 5.41) is 30.3. The fourth-order valence-corrected chi connectivity index (χ4v) is 1.91. The highest BCUT2D eigenvalue weighted by Gasteiger charge is 2.16. The van der Waals surface area contributed by atoms with Crippen LogP contribution >= 0.6 is 0 Å². The second kappa shape index (κ2) is 6.83. The van der Waals surface area contributed by atoms with Crippen molar-refractivity contribution in [3.63, 3.8) is 0 Å². The van der Waals surface area contributed by atoms with E-state index in [1.807, 2.05) is 0 Å². The normalized spacial score (nSPS) is 11.1. The Morgan fingerprint density at radius 1 is 1.43 bits per heavy atom. The highest BCUT2D eigenvalue weighted by molar-refractivity contribution is 5.60. The molecule has 0 aliphatic carbocycles. The Bertz CT molecular complexity index is 808. The van der Waals surface area contributed by atoms with Gasteiger partial charge in [0, 0.05) is 0 Å². The number of aromatic nitrogens is 2. The minimum Gasteiger partial charge on any atom is -0.494 e. The van der Waals surface area contributed by atoms with Crippen molar-refractivity contribution in [2.45, 2.75) is 20.6 Å². The quantitative estimate of drug-likeness (QED) is 0.477. The summed E-state index contributed by atoms with van der Waals surface area (Å²) in [4.78, 5) is 22.4. The number of nitro groups is 1. The molecule has 2 aromatic rings. The monoisotopic (exact) mass is 321 g/mol. The van der Waals surface area contributed by atoms with E-state index in [0.717, 1.165) is 4.68 Å². The van der Waals surface area contributed by atoms with Crippen molar-refractivity contribution >= 4 is 17.1 Å². The van der Waals surface area contributed by atoms with Gasteiger partial charge < -0.3 is 9.84 Å². The predicted octanol–water partition coefficient (Wildman–Crippen LogP) is 2.16. The molecule has 0 spiro atoms. The Hall–Kier alpha value is -3.01. The van der Waals surface area contributed by atoms with Crippen LogP contribution in [-0.2, 0) is 6.73 Å². The first-order chi connectivity index (χ1) is 11.0. The van der Waals surface area contributed by atoms with E-state index in [1.54, 1.807) is 13.8 Å². The first-order valence-electron chi connectivity index (χ1n) is 6.71. The van der Waals surface area contributed by atoms with Crippen LogP contribution in [0.25, 0.3) is 0 Å². The number of hydrogen-bond donors (Lipinski definition) is 2. The third kappa shape index (κ3) is 3.43. The lowest BCUT2D eigenvalue weighted by molar-refractivity contribution is -0.384. The topological polar surface area (TPSA) is 135 Å². The second-order valence-electron chi connectivity index (χ2n) is 4.50. The van der Waals surface area contributed by atoms with Gasteiger partial charge in [0.25, 0.3) is 11.2 Å². The molecule has 0 aliphatic rings. The minimum atomic E-state index is -0.604. The predicted molar refractivity (Wildman–Crippen MR) is 80.4 cm³/mol. The van der Waals surface area contributed by atoms with E-state index in [-0.39, 0.29) is 17.1 Å². The summed E-state index contributed by atoms with van der Waals surface area (Å²) in [7, 11) is 0. The molecule has 2 rings (SSSR count). The molecule has 0 fully saturated rings. The summed E-state index contributed by atoms with van der Waals surface area (Å²) in [6.45, 7) is 3.19. The van der Waals surface area contributed by atoms with Gasteiger partial charge >= 0.3 is 0 Å². The Morgan fingerprint density at radius 2 is 2.17 bits per heavy atom. The molecule has 0 aliphatic heterocycles. The van der Waals surface area contributed by atoms with Crippen LogP contribution in [-0.4, -0.2) is 26.4 Å². The number of aryl methyl sites for hydroxylation is 1. The van der Waals surface area contributed by atoms with E-state index in [0.29, 0.717) is 18.1 Å². The van der Waals surface area contributed by atoms with Gasteiger partial charge in [-0.1, -0.05) is 0 Å². The summed E-state index contributed by atoms with van der Waals surface area (Å²) in [6, 6.07) is 4.16. The molecule has 0 radical (unpaired) electrons. The van der Waals surface area contributed by atoms with E-state index in [2.05, 4.69) is 15.3 Å². The number of aromatic amines is 1. The summed E-state index contributed by atoms with van der Waals surface area (Å²) in [6.07, 6.45) is 0. The van der Waals surface area contributed by atoms with Gasteiger partial charge in [-0.3, -0.25) is 20.0 Å². The molecule has 0 atom stereocenters. The van der Waals surface area contributed by atoms with Crippen molar-refractivity contribution in [2.75, 3.05) is 6.61 Å². The van der Waals surface area contributed by atoms with Gasteiger partial charge in [0.05, 0.1) is 23.3 Å². The zero-order valence-electron chi connectivity index (χ0n) is 12.5. The number of aliphatic hydroxyl groups excluding tert-OH is 1. The lowest BCUT2D eigenvalue weighted by atomic mass is 10.2. The third-order valence-corrected chi connectivity index (χ3v) is 2.96. The molecule has 0 saturated heterocycles. The number of H-pyrrole nitrogens is 1. The van der Waals surface area contributed by atoms with Crippen LogP contribution in [0.15, 0.2) is 33.2 Å². The minimum absolute atomic E-state index is 0.00555. The molecule has 0 unspecified atom stereocenters. The maximum Gasteiger partial charge on any atom is 0.300 e. The second-order valence-corrected chi connectivity index (χ2v) is 4.50. The molecule has 10 nitrogen and oxygen atoms in total. The average Bonchev–Trinajstić information content (AvgIpc) is 2.80. The maximum atomic E-state index is 11.9. The zero-order valence-corrected chi connectivity index (χ0v) is 12.5. The highest BCUT2D eigenvalue weighted by atomic mass is 16.6. The number of benzene rings is 1. The van der Waals surface area contributed by atoms with Crippen LogP contribution in [0.5, 0.6) is 5.75 Å². The Labute approximate surface area is 130 Å². The van der Waals surface area contributed by atoms with Gasteiger partial charge in [-0.05, 0) is 26.0 Å². The molecule has 1 heterocycles. The summed E-state index contributed by atoms with van der Waals surface area (Å²) < 4.78 is 6.15. The SMILES string of the molecule is CCOc1ccc(N=Nc2c(C)[nH]n(CO)c2=O)c([N+](=O)[O-])c1. The Kier molecular flexibility index (Phi) is 4.86. The molecular weight excluding hydrogens is 306 g/mol. The number of aliphatic hydroxyl groups is 1. The first kappa shape index (κ1) is 16.4. The van der Waals surface area contributed by atoms with E-state index in [9.17, 15) is 14.9 Å². The number of azo groups is 1. The zero-order chi connectivity index (χ0) is 17.0. The van der Waals surface area contributed by atoms with Crippen LogP contribution in [0.2, 0.25) is 0 Å². The van der Waals surface area contributed by atoms with Crippen LogP contribution in [0.1, 0.15) is 12.6 Å². The Balaban J connectivity index is 2.41. The molecule has 0 bridgehead atoms. The van der Waals surface area contributed by atoms with Crippen molar-refractivity contribution in [2.24, 2.45) is 10.2 Å². The number of ether oxygens (including phenoxy) is 1. The maximum absolute atomic E-state index is 11.9. The third-order valence-electron chi connectivity index (χ3n) is 2.96. The summed E-state index contributed by atoms with van der Waals surface area (Å²) in [5.74, 6) is 0.346. The Morgan fingerprint density at radius 3 is 2.74 bits per heavy atom. The van der Waals surface area contributed by atoms with Gasteiger partial charge in [0.15, 0.2) is 11.4 Å². The average molecular weight is 321 g/mol. The van der Waals surface area contributed by atoms with Crippen LogP contribution in [0.4, 0.5) is 17.1 Å². The number of hydrogen-bond acceptors (Lipinski definition) is 7. The van der Waals surface area contributed by atoms with Crippen molar-refractivity contribution in [1.82, 2.24) is 9.78 Å². The fourth-order valence-electron chi connectivity index (χ4n) is 1.91. The molecule has 2 N–H and O–H groups in total. The van der Waals surface area contributed by atoms with Crippen LogP contribution < -0.4 is 10.3 Å². The van der Waals surface area contributed by atoms with Gasteiger partial charge in [-0.2, -0.15) is 0 Å². The van der Waals surface area contributed by atoms with E-state index >= 15 is 0 Å². The lowest BCUT2D eigenvalue weighted by Gasteiger charge is -2.03. The largest absolute Gasteiger partial charge is 0.494 e. The number of nitrogens with one attached hydrogen (secondary N) is 1. The molecule has 0 saturated carbocycles. The highest BCUT2D eigenvalue weighted by Crippen LogP contribution is 2.32. The van der Waals surface area contributed by atoms with E-state index in [1.165, 1.54) is 18.2 Å². The van der Waals surface area contributed by atoms with E-state index < -0.39 is 17.2 Å². The van der Waals surface area contributed by atoms with Crippen LogP contribution in [0, 0.1) is 17.0 Å². The van der Waals surface area contributed by atoms with Crippen molar-refractivity contribution in [3.8, 4) is 5.75 Å². The fraction of sp³-hybridized carbons (Fsp3) is 0.308. The summed E-state index contributed by atoms with van der Waals surface area (Å²) >= 11 is 0. The molecule has 122 valence electrons. The molecule has 23 heavy (non-hydrogen) atoms. The van der Waals surface area contributed by atoms with Crippen molar-refractivity contribution in [1.29, 1.82) is 0 Å². The van der Waals surface area contributed by atoms with Gasteiger partial charge in [-0.25, -0.2) is 4.68 Å². The molecular formula is C13H15N5O5. The van der Waals surface area contributed by atoms with E-state index in [4.69, 9.17) is 9.84 Å². The van der Waals surface area contributed by atoms with Crippen molar-refractivity contribution in [3.05, 3.63) is 44.4 Å². The number of rotatable bonds is 6. The first-order valence-corrected chi connectivity index (χ1v) is 6.71. The molecule has 1 aromatic heterocycles. The van der Waals surface area contributed by atoms with Gasteiger partial charge in [-0.15, -0.1) is 10.2 Å². The molecule has 10 heteroatoms. The standard InChI is InChI=1S/C13H15N5O5/c1-3-23-9-4-5-10(11(6-9)18(21)22)14-15-12-8(2)16-17(7-19)13(12)20/h4-6,16,19H,3,7H2,1-2H3. The smallest absolute Gasteiger partial charge is 0.300 e. The number of nitrogens with zero attached hydrogens (tertiary/aromatic N) is 4. The van der Waals surface area contributed by atoms with Gasteiger partial charge in [0.1, 0.15) is 12.5 Å². The van der Waals surface area contributed by atoms with Gasteiger partial charge in [0.2, 0.25) is 0 Å². The summed E-state index contributed by atoms with van der Waals surface area (Å²) in [5.41, 5.74) is -0.490. The molecule has 1 aromatic carbocycles. The van der Waals surface area contributed by atoms with Crippen molar-refractivity contribution < 1.29 is 14.8 Å². The van der Waals surface area contributed by atoms with Crippen LogP contribution in [0.3, 0.4) is 0 Å².